The molecule has 19 heavy (non-hydrogen) atoms. The fourth-order valence-corrected chi connectivity index (χ4v) is 1.90. The monoisotopic (exact) mass is 251 g/mol. The third-order valence-electron chi connectivity index (χ3n) is 2.80. The van der Waals surface area contributed by atoms with Gasteiger partial charge in [0, 0.05) is 5.56 Å². The Morgan fingerprint density at radius 3 is 2.16 bits per heavy atom. The Hall–Kier alpha value is -2.62. The summed E-state index contributed by atoms with van der Waals surface area (Å²) in [5.41, 5.74) is 1.96. The molecule has 0 spiro atoms. The van der Waals surface area contributed by atoms with Gasteiger partial charge in [-0.3, -0.25) is 0 Å². The summed E-state index contributed by atoms with van der Waals surface area (Å²) in [5, 5.41) is 4.36. The van der Waals surface area contributed by atoms with E-state index in [1.165, 1.54) is 0 Å². The molecule has 1 aromatic heterocycles. The first kappa shape index (κ1) is 11.5. The van der Waals surface area contributed by atoms with E-state index >= 15 is 0 Å². The highest BCUT2D eigenvalue weighted by Gasteiger charge is 2.13. The third kappa shape index (κ3) is 2.20. The van der Waals surface area contributed by atoms with Crippen LogP contribution in [-0.2, 0) is 0 Å². The van der Waals surface area contributed by atoms with Crippen molar-refractivity contribution < 1.29 is 4.74 Å². The van der Waals surface area contributed by atoms with Gasteiger partial charge in [0.05, 0.1) is 12.8 Å². The molecule has 3 rings (SSSR count). The Kier molecular flexibility index (Phi) is 2.98. The summed E-state index contributed by atoms with van der Waals surface area (Å²) in [4.78, 5) is 4.40. The highest BCUT2D eigenvalue weighted by Crippen LogP contribution is 2.22. The lowest BCUT2D eigenvalue weighted by molar-refractivity contribution is 0.380. The van der Waals surface area contributed by atoms with Crippen LogP contribution in [0.2, 0.25) is 0 Å². The lowest BCUT2D eigenvalue weighted by Crippen LogP contribution is -1.99. The average molecular weight is 251 g/mol. The van der Waals surface area contributed by atoms with Crippen molar-refractivity contribution in [2.45, 2.75) is 0 Å². The molecule has 0 bridgehead atoms. The Balaban J connectivity index is 2.17. The molecule has 94 valence electrons. The zero-order valence-electron chi connectivity index (χ0n) is 10.5. The van der Waals surface area contributed by atoms with Crippen molar-refractivity contribution in [3.8, 4) is 23.1 Å². The fraction of sp³-hybridized carbons (Fsp3) is 0.0667. The zero-order chi connectivity index (χ0) is 13.1. The summed E-state index contributed by atoms with van der Waals surface area (Å²) in [5.74, 6) is 0.767. The first-order valence-electron chi connectivity index (χ1n) is 6.00. The average Bonchev–Trinajstić information content (AvgIpc) is 2.93. The molecule has 0 radical (unpaired) electrons. The van der Waals surface area contributed by atoms with Gasteiger partial charge >= 0.3 is 6.01 Å². The van der Waals surface area contributed by atoms with Gasteiger partial charge in [-0.2, -0.15) is 4.98 Å². The van der Waals surface area contributed by atoms with Crippen LogP contribution in [0.5, 0.6) is 6.01 Å². The maximum absolute atomic E-state index is 5.14. The normalized spacial score (nSPS) is 10.4. The lowest BCUT2D eigenvalue weighted by atomic mass is 10.2. The van der Waals surface area contributed by atoms with Crippen LogP contribution in [0.15, 0.2) is 60.7 Å². The van der Waals surface area contributed by atoms with Gasteiger partial charge in [0.1, 0.15) is 0 Å². The molecule has 0 aliphatic heterocycles. The van der Waals surface area contributed by atoms with Crippen LogP contribution in [0.1, 0.15) is 0 Å². The molecule has 0 aliphatic carbocycles. The first-order valence-corrected chi connectivity index (χ1v) is 6.00. The lowest BCUT2D eigenvalue weighted by Gasteiger charge is -2.04. The van der Waals surface area contributed by atoms with Gasteiger partial charge in [0.2, 0.25) is 0 Å². The van der Waals surface area contributed by atoms with Crippen LogP contribution in [0, 0.1) is 0 Å². The maximum Gasteiger partial charge on any atom is 0.336 e. The molecule has 0 N–H and O–H groups in total. The van der Waals surface area contributed by atoms with E-state index in [-0.39, 0.29) is 0 Å². The van der Waals surface area contributed by atoms with Gasteiger partial charge in [-0.1, -0.05) is 48.5 Å². The Morgan fingerprint density at radius 1 is 0.895 bits per heavy atom. The van der Waals surface area contributed by atoms with Crippen LogP contribution in [-0.4, -0.2) is 21.9 Å². The standard InChI is InChI=1S/C15H13N3O/c1-19-15-16-14(12-8-4-2-5-9-12)18(17-15)13-10-6-3-7-11-13/h2-11H,1H3. The van der Waals surface area contributed by atoms with Crippen molar-refractivity contribution >= 4 is 0 Å². The van der Waals surface area contributed by atoms with Gasteiger partial charge < -0.3 is 4.74 Å². The summed E-state index contributed by atoms with van der Waals surface area (Å²) in [6, 6.07) is 20.2. The van der Waals surface area contributed by atoms with Crippen molar-refractivity contribution in [1.29, 1.82) is 0 Å². The Bertz CT molecular complexity index is 605. The number of aromatic nitrogens is 3. The predicted molar refractivity (Wildman–Crippen MR) is 73.3 cm³/mol. The van der Waals surface area contributed by atoms with Crippen LogP contribution in [0.25, 0.3) is 17.1 Å². The number of hydrogen-bond donors (Lipinski definition) is 0. The topological polar surface area (TPSA) is 39.9 Å². The zero-order valence-corrected chi connectivity index (χ0v) is 10.5. The Labute approximate surface area is 111 Å². The predicted octanol–water partition coefficient (Wildman–Crippen LogP) is 2.94. The SMILES string of the molecule is COc1nc(-c2ccccc2)n(-c2ccccc2)n1. The summed E-state index contributed by atoms with van der Waals surface area (Å²) < 4.78 is 6.92. The van der Waals surface area contributed by atoms with E-state index in [9.17, 15) is 0 Å². The quantitative estimate of drug-likeness (QED) is 0.718. The third-order valence-corrected chi connectivity index (χ3v) is 2.80. The molecule has 2 aromatic carbocycles. The van der Waals surface area contributed by atoms with E-state index in [0.29, 0.717) is 6.01 Å². The van der Waals surface area contributed by atoms with Crippen molar-refractivity contribution in [2.75, 3.05) is 7.11 Å². The molecule has 4 nitrogen and oxygen atoms in total. The van der Waals surface area contributed by atoms with Crippen LogP contribution >= 0.6 is 0 Å². The van der Waals surface area contributed by atoms with Crippen LogP contribution in [0.4, 0.5) is 0 Å². The molecule has 0 saturated heterocycles. The molecule has 1 heterocycles. The molecule has 0 fully saturated rings. The second kappa shape index (κ2) is 4.94. The molecular formula is C15H13N3O. The first-order chi connectivity index (χ1) is 9.38. The number of methoxy groups -OCH3 is 1. The molecule has 0 aliphatic rings. The molecule has 0 atom stereocenters. The number of nitrogens with zero attached hydrogens (tertiary/aromatic N) is 3. The van der Waals surface area contributed by atoms with E-state index in [1.807, 2.05) is 60.7 Å². The highest BCUT2D eigenvalue weighted by atomic mass is 16.5. The van der Waals surface area contributed by atoms with Crippen molar-refractivity contribution in [1.82, 2.24) is 14.8 Å². The second-order valence-corrected chi connectivity index (χ2v) is 4.04. The van der Waals surface area contributed by atoms with E-state index in [2.05, 4.69) is 10.1 Å². The van der Waals surface area contributed by atoms with Gasteiger partial charge in [-0.25, -0.2) is 4.68 Å². The summed E-state index contributed by atoms with van der Waals surface area (Å²) in [7, 11) is 1.57. The number of para-hydroxylation sites is 1. The van der Waals surface area contributed by atoms with E-state index in [4.69, 9.17) is 4.74 Å². The van der Waals surface area contributed by atoms with Crippen LogP contribution < -0.4 is 4.74 Å². The Morgan fingerprint density at radius 2 is 1.53 bits per heavy atom. The smallest absolute Gasteiger partial charge is 0.336 e. The minimum Gasteiger partial charge on any atom is -0.466 e. The highest BCUT2D eigenvalue weighted by molar-refractivity contribution is 5.58. The van der Waals surface area contributed by atoms with Gasteiger partial charge in [-0.05, 0) is 12.1 Å². The second-order valence-electron chi connectivity index (χ2n) is 4.04. The van der Waals surface area contributed by atoms with Crippen molar-refractivity contribution in [3.63, 3.8) is 0 Å². The number of rotatable bonds is 3. The summed E-state index contributed by atoms with van der Waals surface area (Å²) in [6.45, 7) is 0. The van der Waals surface area contributed by atoms with Gasteiger partial charge in [0.25, 0.3) is 0 Å². The molecule has 0 saturated carbocycles. The maximum atomic E-state index is 5.14. The molecule has 4 heteroatoms. The number of benzene rings is 2. The fourth-order valence-electron chi connectivity index (χ4n) is 1.90. The summed E-state index contributed by atoms with van der Waals surface area (Å²) in [6.07, 6.45) is 0. The minimum absolute atomic E-state index is 0.364. The van der Waals surface area contributed by atoms with E-state index in [0.717, 1.165) is 17.1 Å². The van der Waals surface area contributed by atoms with Gasteiger partial charge in [-0.15, -0.1) is 5.10 Å². The minimum atomic E-state index is 0.364. The number of ether oxygens (including phenoxy) is 1. The summed E-state index contributed by atoms with van der Waals surface area (Å²) >= 11 is 0. The van der Waals surface area contributed by atoms with E-state index < -0.39 is 0 Å². The van der Waals surface area contributed by atoms with Crippen molar-refractivity contribution in [2.24, 2.45) is 0 Å². The van der Waals surface area contributed by atoms with Crippen LogP contribution in [0.3, 0.4) is 0 Å². The molecule has 3 aromatic rings. The van der Waals surface area contributed by atoms with Crippen molar-refractivity contribution in [3.05, 3.63) is 60.7 Å². The molecule has 0 unspecified atom stereocenters. The largest absolute Gasteiger partial charge is 0.466 e. The van der Waals surface area contributed by atoms with E-state index in [1.54, 1.807) is 11.8 Å². The number of hydrogen-bond acceptors (Lipinski definition) is 3. The molecule has 0 amide bonds. The molecular weight excluding hydrogens is 238 g/mol. The van der Waals surface area contributed by atoms with Gasteiger partial charge in [0.15, 0.2) is 5.82 Å².